The number of alkyl halides is 2. The smallest absolute Gasteiger partial charge is 0.267 e. The summed E-state index contributed by atoms with van der Waals surface area (Å²) in [5, 5.41) is 2.99. The Kier molecular flexibility index (Phi) is 4.21. The molecule has 1 aliphatic rings. The summed E-state index contributed by atoms with van der Waals surface area (Å²) < 4.78 is 49.7. The number of halogens is 2. The SMILES string of the molecule is O=S(=O)(C[C@H]1CCNC1)OCC(F)F. The number of rotatable bonds is 5. The average molecular weight is 229 g/mol. The van der Waals surface area contributed by atoms with Crippen molar-refractivity contribution in [1.82, 2.24) is 5.32 Å². The van der Waals surface area contributed by atoms with Crippen LogP contribution in [0.3, 0.4) is 0 Å². The quantitative estimate of drug-likeness (QED) is 0.685. The van der Waals surface area contributed by atoms with E-state index in [1.54, 1.807) is 0 Å². The Morgan fingerprint density at radius 3 is 2.71 bits per heavy atom. The maximum absolute atomic E-state index is 11.7. The molecule has 1 heterocycles. The Morgan fingerprint density at radius 1 is 1.50 bits per heavy atom. The lowest BCUT2D eigenvalue weighted by molar-refractivity contribution is 0.0846. The van der Waals surface area contributed by atoms with Crippen LogP contribution in [-0.4, -0.2) is 40.3 Å². The van der Waals surface area contributed by atoms with Gasteiger partial charge in [0.25, 0.3) is 16.5 Å². The molecule has 1 atom stereocenters. The van der Waals surface area contributed by atoms with Crippen LogP contribution in [0.15, 0.2) is 0 Å². The Morgan fingerprint density at radius 2 is 2.21 bits per heavy atom. The van der Waals surface area contributed by atoms with E-state index in [0.29, 0.717) is 6.54 Å². The van der Waals surface area contributed by atoms with Crippen LogP contribution in [0.1, 0.15) is 6.42 Å². The zero-order valence-corrected chi connectivity index (χ0v) is 8.40. The topological polar surface area (TPSA) is 55.4 Å². The van der Waals surface area contributed by atoms with Gasteiger partial charge in [0.1, 0.15) is 6.61 Å². The highest BCUT2D eigenvalue weighted by atomic mass is 32.2. The van der Waals surface area contributed by atoms with E-state index in [-0.39, 0.29) is 11.7 Å². The van der Waals surface area contributed by atoms with E-state index in [1.165, 1.54) is 0 Å². The summed E-state index contributed by atoms with van der Waals surface area (Å²) in [6.07, 6.45) is -2.00. The second-order valence-electron chi connectivity index (χ2n) is 3.26. The van der Waals surface area contributed by atoms with Crippen LogP contribution in [0.2, 0.25) is 0 Å². The summed E-state index contributed by atoms with van der Waals surface area (Å²) in [4.78, 5) is 0. The van der Waals surface area contributed by atoms with Gasteiger partial charge in [-0.15, -0.1) is 0 Å². The Balaban J connectivity index is 2.33. The molecule has 14 heavy (non-hydrogen) atoms. The lowest BCUT2D eigenvalue weighted by Crippen LogP contribution is -2.22. The predicted molar refractivity (Wildman–Crippen MR) is 46.7 cm³/mol. The third kappa shape index (κ3) is 4.30. The summed E-state index contributed by atoms with van der Waals surface area (Å²) in [5.41, 5.74) is 0. The molecular formula is C7H13F2NO3S. The summed E-state index contributed by atoms with van der Waals surface area (Å²) in [6, 6.07) is 0. The highest BCUT2D eigenvalue weighted by molar-refractivity contribution is 7.86. The highest BCUT2D eigenvalue weighted by Gasteiger charge is 2.23. The number of hydrogen-bond donors (Lipinski definition) is 1. The minimum Gasteiger partial charge on any atom is -0.316 e. The molecule has 0 spiro atoms. The van der Waals surface area contributed by atoms with Crippen molar-refractivity contribution < 1.29 is 21.4 Å². The van der Waals surface area contributed by atoms with Gasteiger partial charge < -0.3 is 5.32 Å². The first-order valence-corrected chi connectivity index (χ1v) is 5.93. The molecule has 0 bridgehead atoms. The van der Waals surface area contributed by atoms with Gasteiger partial charge in [-0.1, -0.05) is 0 Å². The van der Waals surface area contributed by atoms with Crippen LogP contribution in [0.5, 0.6) is 0 Å². The first kappa shape index (κ1) is 11.8. The van der Waals surface area contributed by atoms with Gasteiger partial charge in [0.05, 0.1) is 5.75 Å². The first-order chi connectivity index (χ1) is 6.49. The molecule has 0 radical (unpaired) electrons. The fourth-order valence-electron chi connectivity index (χ4n) is 1.35. The van der Waals surface area contributed by atoms with Crippen molar-refractivity contribution in [3.05, 3.63) is 0 Å². The molecule has 1 N–H and O–H groups in total. The van der Waals surface area contributed by atoms with Crippen LogP contribution in [0.25, 0.3) is 0 Å². The van der Waals surface area contributed by atoms with Crippen LogP contribution in [-0.2, 0) is 14.3 Å². The summed E-state index contributed by atoms with van der Waals surface area (Å²) in [7, 11) is -3.78. The van der Waals surface area contributed by atoms with Gasteiger partial charge in [0.15, 0.2) is 0 Å². The van der Waals surface area contributed by atoms with Gasteiger partial charge in [-0.2, -0.15) is 8.42 Å². The van der Waals surface area contributed by atoms with Gasteiger partial charge in [-0.3, -0.25) is 4.18 Å². The van der Waals surface area contributed by atoms with Crippen molar-refractivity contribution >= 4 is 10.1 Å². The lowest BCUT2D eigenvalue weighted by atomic mass is 10.2. The molecule has 4 nitrogen and oxygen atoms in total. The van der Waals surface area contributed by atoms with E-state index in [9.17, 15) is 17.2 Å². The zero-order valence-electron chi connectivity index (χ0n) is 7.58. The lowest BCUT2D eigenvalue weighted by Gasteiger charge is -2.08. The minimum atomic E-state index is -3.78. The summed E-state index contributed by atoms with van der Waals surface area (Å²) in [5.74, 6) is -0.190. The second kappa shape index (κ2) is 4.99. The monoisotopic (exact) mass is 229 g/mol. The molecule has 1 rings (SSSR count). The molecule has 0 aromatic rings. The van der Waals surface area contributed by atoms with Crippen LogP contribution in [0.4, 0.5) is 8.78 Å². The highest BCUT2D eigenvalue weighted by Crippen LogP contribution is 2.12. The fraction of sp³-hybridized carbons (Fsp3) is 1.00. The molecule has 0 unspecified atom stereocenters. The normalized spacial score (nSPS) is 23.2. The molecule has 0 aliphatic carbocycles. The van der Waals surface area contributed by atoms with Crippen LogP contribution >= 0.6 is 0 Å². The molecule has 1 aliphatic heterocycles. The molecule has 1 fully saturated rings. The van der Waals surface area contributed by atoms with Crippen molar-refractivity contribution in [3.8, 4) is 0 Å². The summed E-state index contributed by atoms with van der Waals surface area (Å²) in [6.45, 7) is 0.342. The van der Waals surface area contributed by atoms with Gasteiger partial charge in [0, 0.05) is 0 Å². The molecule has 1 saturated heterocycles. The second-order valence-corrected chi connectivity index (χ2v) is 4.94. The van der Waals surface area contributed by atoms with Gasteiger partial charge in [-0.25, -0.2) is 8.78 Å². The maximum atomic E-state index is 11.7. The van der Waals surface area contributed by atoms with Crippen molar-refractivity contribution in [2.75, 3.05) is 25.4 Å². The third-order valence-electron chi connectivity index (χ3n) is 1.98. The Labute approximate surface area is 81.8 Å². The van der Waals surface area contributed by atoms with E-state index in [2.05, 4.69) is 9.50 Å². The van der Waals surface area contributed by atoms with E-state index in [0.717, 1.165) is 13.0 Å². The van der Waals surface area contributed by atoms with Crippen LogP contribution < -0.4 is 5.32 Å². The molecule has 7 heteroatoms. The minimum absolute atomic E-state index is 0.0160. The molecule has 0 amide bonds. The molecule has 0 aromatic carbocycles. The van der Waals surface area contributed by atoms with Gasteiger partial charge in [-0.05, 0) is 25.4 Å². The van der Waals surface area contributed by atoms with E-state index in [4.69, 9.17) is 0 Å². The Hall–Kier alpha value is -0.270. The van der Waals surface area contributed by atoms with Crippen molar-refractivity contribution in [2.45, 2.75) is 12.8 Å². The van der Waals surface area contributed by atoms with E-state index < -0.39 is 23.2 Å². The van der Waals surface area contributed by atoms with E-state index >= 15 is 0 Å². The first-order valence-electron chi connectivity index (χ1n) is 4.35. The standard InChI is InChI=1S/C7H13F2NO3S/c8-7(9)4-13-14(11,12)5-6-1-2-10-3-6/h6-7,10H,1-5H2/t6-/m0/s1. The van der Waals surface area contributed by atoms with Crippen molar-refractivity contribution in [1.29, 1.82) is 0 Å². The third-order valence-corrected chi connectivity index (χ3v) is 3.35. The van der Waals surface area contributed by atoms with Gasteiger partial charge >= 0.3 is 0 Å². The molecule has 84 valence electrons. The largest absolute Gasteiger partial charge is 0.316 e. The van der Waals surface area contributed by atoms with Crippen LogP contribution in [0, 0.1) is 5.92 Å². The van der Waals surface area contributed by atoms with Crippen molar-refractivity contribution in [3.63, 3.8) is 0 Å². The maximum Gasteiger partial charge on any atom is 0.267 e. The fourth-order valence-corrected chi connectivity index (χ4v) is 2.62. The number of hydrogen-bond acceptors (Lipinski definition) is 4. The predicted octanol–water partition coefficient (Wildman–Crippen LogP) is 0.207. The molecular weight excluding hydrogens is 216 g/mol. The van der Waals surface area contributed by atoms with Crippen molar-refractivity contribution in [2.24, 2.45) is 5.92 Å². The molecule has 0 saturated carbocycles. The summed E-state index contributed by atoms with van der Waals surface area (Å²) >= 11 is 0. The number of nitrogens with one attached hydrogen (secondary N) is 1. The average Bonchev–Trinajstić information content (AvgIpc) is 2.53. The van der Waals surface area contributed by atoms with Gasteiger partial charge in [0.2, 0.25) is 0 Å². The zero-order chi connectivity index (χ0) is 10.6. The molecule has 0 aromatic heterocycles. The Bertz CT molecular complexity index is 262. The van der Waals surface area contributed by atoms with E-state index in [1.807, 2.05) is 0 Å².